The Labute approximate surface area is 151 Å². The maximum absolute atomic E-state index is 13.2. The number of amides is 1. The Kier molecular flexibility index (Phi) is 4.34. The van der Waals surface area contributed by atoms with Crippen molar-refractivity contribution in [1.29, 1.82) is 0 Å². The van der Waals surface area contributed by atoms with Crippen LogP contribution in [0.3, 0.4) is 0 Å². The molecular formula is C18H13F2N3O2S. The first-order valence-electron chi connectivity index (χ1n) is 7.90. The number of benzene rings is 1. The molecule has 1 aliphatic heterocycles. The van der Waals surface area contributed by atoms with Gasteiger partial charge in [-0.1, -0.05) is 6.07 Å². The van der Waals surface area contributed by atoms with Gasteiger partial charge in [0.1, 0.15) is 39.7 Å². The number of ether oxygens (including phenoxy) is 1. The highest BCUT2D eigenvalue weighted by Gasteiger charge is 2.30. The van der Waals surface area contributed by atoms with Gasteiger partial charge in [0.25, 0.3) is 5.91 Å². The second-order valence-corrected chi connectivity index (χ2v) is 6.75. The number of hydrogen-bond donors (Lipinski definition) is 0. The molecule has 26 heavy (non-hydrogen) atoms. The van der Waals surface area contributed by atoms with Crippen molar-refractivity contribution in [3.8, 4) is 5.75 Å². The summed E-state index contributed by atoms with van der Waals surface area (Å²) in [4.78, 5) is 23.2. The van der Waals surface area contributed by atoms with Gasteiger partial charge in [-0.15, -0.1) is 11.3 Å². The quantitative estimate of drug-likeness (QED) is 0.701. The van der Waals surface area contributed by atoms with Crippen molar-refractivity contribution in [2.24, 2.45) is 0 Å². The summed E-state index contributed by atoms with van der Waals surface area (Å²) in [5.74, 6) is -0.221. The molecule has 0 aliphatic carbocycles. The monoisotopic (exact) mass is 373 g/mol. The molecule has 3 aromatic rings. The number of halogens is 2. The van der Waals surface area contributed by atoms with Gasteiger partial charge < -0.3 is 4.74 Å². The molecule has 1 aliphatic rings. The molecule has 1 aromatic carbocycles. The molecule has 0 saturated heterocycles. The van der Waals surface area contributed by atoms with E-state index in [1.54, 1.807) is 12.1 Å². The Morgan fingerprint density at radius 2 is 2.08 bits per heavy atom. The summed E-state index contributed by atoms with van der Waals surface area (Å²) >= 11 is 1.25. The minimum Gasteiger partial charge on any atom is -0.486 e. The molecule has 0 unspecified atom stereocenters. The lowest BCUT2D eigenvalue weighted by molar-refractivity contribution is 0.0983. The number of hydrogen-bond acceptors (Lipinski definition) is 5. The van der Waals surface area contributed by atoms with Gasteiger partial charge in [-0.3, -0.25) is 9.69 Å². The van der Waals surface area contributed by atoms with E-state index in [1.807, 2.05) is 0 Å². The van der Waals surface area contributed by atoms with Gasteiger partial charge in [0.15, 0.2) is 0 Å². The third-order valence-corrected chi connectivity index (χ3v) is 4.96. The summed E-state index contributed by atoms with van der Waals surface area (Å²) in [6.07, 6.45) is 1.67. The van der Waals surface area contributed by atoms with Crippen LogP contribution < -0.4 is 9.64 Å². The minimum absolute atomic E-state index is 0.156. The van der Waals surface area contributed by atoms with E-state index >= 15 is 0 Å². The normalized spacial score (nSPS) is 13.6. The molecule has 0 fully saturated rings. The third kappa shape index (κ3) is 3.28. The summed E-state index contributed by atoms with van der Waals surface area (Å²) in [5.41, 5.74) is 0.719. The van der Waals surface area contributed by atoms with Crippen LogP contribution in [0.25, 0.3) is 0 Å². The standard InChI is InChI=1S/C18H13F2N3O2S/c19-11-2-1-3-13(8-11)25-10-16-22-14-6-7-23(18(24)17(14)26-16)15-5-4-12(20)9-21-15/h1-5,8-9H,6-7,10H2. The molecule has 3 heterocycles. The lowest BCUT2D eigenvalue weighted by atomic mass is 10.1. The maximum Gasteiger partial charge on any atom is 0.271 e. The predicted octanol–water partition coefficient (Wildman–Crippen LogP) is 3.60. The zero-order valence-electron chi connectivity index (χ0n) is 13.5. The molecule has 5 nitrogen and oxygen atoms in total. The Morgan fingerprint density at radius 3 is 2.85 bits per heavy atom. The Hall–Kier alpha value is -2.87. The summed E-state index contributed by atoms with van der Waals surface area (Å²) in [5, 5.41) is 0.640. The molecule has 0 N–H and O–H groups in total. The molecule has 1 amide bonds. The van der Waals surface area contributed by atoms with E-state index in [9.17, 15) is 13.6 Å². The zero-order chi connectivity index (χ0) is 18.1. The summed E-state index contributed by atoms with van der Waals surface area (Å²) in [6.45, 7) is 0.585. The molecule has 8 heteroatoms. The number of fused-ring (bicyclic) bond motifs is 1. The molecular weight excluding hydrogens is 360 g/mol. The summed E-state index contributed by atoms with van der Waals surface area (Å²) < 4.78 is 31.8. The topological polar surface area (TPSA) is 55.3 Å². The average molecular weight is 373 g/mol. The van der Waals surface area contributed by atoms with Crippen molar-refractivity contribution in [2.75, 3.05) is 11.4 Å². The fourth-order valence-corrected chi connectivity index (χ4v) is 3.66. The predicted molar refractivity (Wildman–Crippen MR) is 92.4 cm³/mol. The van der Waals surface area contributed by atoms with E-state index in [0.29, 0.717) is 34.4 Å². The molecule has 0 atom stereocenters. The number of carbonyl (C=O) groups is 1. The van der Waals surface area contributed by atoms with Crippen LogP contribution in [-0.4, -0.2) is 22.4 Å². The summed E-state index contributed by atoms with van der Waals surface area (Å²) in [6, 6.07) is 8.61. The number of thiazole rings is 1. The Bertz CT molecular complexity index is 959. The molecule has 2 aromatic heterocycles. The van der Waals surface area contributed by atoms with Crippen LogP contribution in [0.5, 0.6) is 5.75 Å². The number of rotatable bonds is 4. The molecule has 0 saturated carbocycles. The van der Waals surface area contributed by atoms with Crippen LogP contribution in [0.2, 0.25) is 0 Å². The molecule has 0 spiro atoms. The van der Waals surface area contributed by atoms with E-state index in [-0.39, 0.29) is 18.3 Å². The van der Waals surface area contributed by atoms with Gasteiger partial charge in [0, 0.05) is 19.0 Å². The van der Waals surface area contributed by atoms with E-state index < -0.39 is 5.82 Å². The fourth-order valence-electron chi connectivity index (χ4n) is 2.69. The smallest absolute Gasteiger partial charge is 0.271 e. The lowest BCUT2D eigenvalue weighted by Gasteiger charge is -2.24. The SMILES string of the molecule is O=C1c2sc(COc3cccc(F)c3)nc2CCN1c1ccc(F)cn1. The van der Waals surface area contributed by atoms with Crippen LogP contribution in [0, 0.1) is 11.6 Å². The van der Waals surface area contributed by atoms with Crippen molar-refractivity contribution >= 4 is 23.1 Å². The average Bonchev–Trinajstić information content (AvgIpc) is 3.06. The van der Waals surface area contributed by atoms with Crippen molar-refractivity contribution in [3.63, 3.8) is 0 Å². The van der Waals surface area contributed by atoms with Crippen LogP contribution in [-0.2, 0) is 13.0 Å². The first kappa shape index (κ1) is 16.6. The largest absolute Gasteiger partial charge is 0.486 e. The number of aromatic nitrogens is 2. The second-order valence-electron chi connectivity index (χ2n) is 5.67. The molecule has 0 radical (unpaired) electrons. The maximum atomic E-state index is 13.2. The van der Waals surface area contributed by atoms with Crippen molar-refractivity contribution < 1.29 is 18.3 Å². The minimum atomic E-state index is -0.450. The molecule has 4 rings (SSSR count). The van der Waals surface area contributed by atoms with Gasteiger partial charge in [-0.2, -0.15) is 0 Å². The molecule has 132 valence electrons. The van der Waals surface area contributed by atoms with Crippen LogP contribution in [0.4, 0.5) is 14.6 Å². The van der Waals surface area contributed by atoms with Gasteiger partial charge in [-0.05, 0) is 24.3 Å². The van der Waals surface area contributed by atoms with Crippen LogP contribution >= 0.6 is 11.3 Å². The van der Waals surface area contributed by atoms with E-state index in [2.05, 4.69) is 9.97 Å². The van der Waals surface area contributed by atoms with E-state index in [1.165, 1.54) is 40.5 Å². The number of nitrogens with zero attached hydrogens (tertiary/aromatic N) is 3. The highest BCUT2D eigenvalue weighted by Crippen LogP contribution is 2.28. The van der Waals surface area contributed by atoms with Crippen molar-refractivity contribution in [2.45, 2.75) is 13.0 Å². The van der Waals surface area contributed by atoms with E-state index in [0.717, 1.165) is 11.9 Å². The van der Waals surface area contributed by atoms with Crippen LogP contribution in [0.1, 0.15) is 20.4 Å². The third-order valence-electron chi connectivity index (χ3n) is 3.90. The van der Waals surface area contributed by atoms with E-state index in [4.69, 9.17) is 4.74 Å². The van der Waals surface area contributed by atoms with Gasteiger partial charge in [-0.25, -0.2) is 18.7 Å². The molecule has 0 bridgehead atoms. The first-order chi connectivity index (χ1) is 12.6. The van der Waals surface area contributed by atoms with Gasteiger partial charge >= 0.3 is 0 Å². The number of anilines is 1. The Balaban J connectivity index is 1.51. The van der Waals surface area contributed by atoms with Crippen LogP contribution in [0.15, 0.2) is 42.6 Å². The summed E-state index contributed by atoms with van der Waals surface area (Å²) in [7, 11) is 0. The fraction of sp³-hybridized carbons (Fsp3) is 0.167. The van der Waals surface area contributed by atoms with Crippen molar-refractivity contribution in [1.82, 2.24) is 9.97 Å². The second kappa shape index (κ2) is 6.80. The zero-order valence-corrected chi connectivity index (χ0v) is 14.3. The first-order valence-corrected chi connectivity index (χ1v) is 8.72. The highest BCUT2D eigenvalue weighted by atomic mass is 32.1. The number of pyridine rings is 1. The van der Waals surface area contributed by atoms with Crippen molar-refractivity contribution in [3.05, 3.63) is 69.8 Å². The lowest BCUT2D eigenvalue weighted by Crippen LogP contribution is -2.37. The Morgan fingerprint density at radius 1 is 1.19 bits per heavy atom. The van der Waals surface area contributed by atoms with Gasteiger partial charge in [0.2, 0.25) is 0 Å². The van der Waals surface area contributed by atoms with Gasteiger partial charge in [0.05, 0.1) is 11.9 Å². The highest BCUT2D eigenvalue weighted by molar-refractivity contribution is 7.14. The number of carbonyl (C=O) groups excluding carboxylic acids is 1.